The lowest BCUT2D eigenvalue weighted by molar-refractivity contribution is 0.0243. The third kappa shape index (κ3) is 2.18. The molecule has 15 heavy (non-hydrogen) atoms. The maximum absolute atomic E-state index is 10.2. The number of hydrogen-bond acceptors (Lipinski definition) is 5. The Hall–Kier alpha value is -0.940. The topological polar surface area (TPSA) is 71.2 Å². The number of β-amino-alcohol motifs (C(OH)–C–C–N with tert-alkyl or cyclic N) is 1. The molecule has 1 fully saturated rings. The van der Waals surface area contributed by atoms with Gasteiger partial charge in [0, 0.05) is 13.0 Å². The summed E-state index contributed by atoms with van der Waals surface area (Å²) in [7, 11) is 0. The lowest BCUT2D eigenvalue weighted by atomic mass is 10.0. The first-order chi connectivity index (χ1) is 7.10. The minimum absolute atomic E-state index is 0.350. The summed E-state index contributed by atoms with van der Waals surface area (Å²) in [5, 5.41) is 17.1. The number of rotatable bonds is 3. The third-order valence-electron chi connectivity index (χ3n) is 2.59. The second-order valence-electron chi connectivity index (χ2n) is 4.57. The van der Waals surface area contributed by atoms with Gasteiger partial charge in [0.2, 0.25) is 0 Å². The number of aliphatic hydroxyl groups is 1. The molecule has 1 aliphatic heterocycles. The van der Waals surface area contributed by atoms with Gasteiger partial charge >= 0.3 is 0 Å². The Morgan fingerprint density at radius 3 is 3.00 bits per heavy atom. The molecule has 84 valence electrons. The molecule has 2 rings (SSSR count). The maximum Gasteiger partial charge on any atom is 0.259 e. The van der Waals surface area contributed by atoms with E-state index < -0.39 is 5.60 Å². The molecule has 0 aliphatic carbocycles. The first-order valence-electron chi connectivity index (χ1n) is 5.36. The zero-order valence-electron chi connectivity index (χ0n) is 9.16. The zero-order chi connectivity index (χ0) is 10.9. The highest BCUT2D eigenvalue weighted by Crippen LogP contribution is 2.26. The van der Waals surface area contributed by atoms with Crippen molar-refractivity contribution in [2.45, 2.75) is 32.3 Å². The van der Waals surface area contributed by atoms with E-state index in [1.54, 1.807) is 0 Å². The molecular weight excluding hydrogens is 194 g/mol. The Morgan fingerprint density at radius 2 is 2.40 bits per heavy atom. The quantitative estimate of drug-likeness (QED) is 0.759. The van der Waals surface area contributed by atoms with Gasteiger partial charge in [-0.25, -0.2) is 0 Å². The summed E-state index contributed by atoms with van der Waals surface area (Å²) in [6.45, 7) is 5.48. The molecule has 1 aromatic rings. The van der Waals surface area contributed by atoms with Crippen LogP contribution in [0.25, 0.3) is 0 Å². The summed E-state index contributed by atoms with van der Waals surface area (Å²) in [6, 6.07) is 0. The third-order valence-corrected chi connectivity index (χ3v) is 2.59. The Balaban J connectivity index is 2.12. The van der Waals surface area contributed by atoms with Crippen LogP contribution >= 0.6 is 0 Å². The molecule has 0 bridgehead atoms. The molecule has 0 spiro atoms. The van der Waals surface area contributed by atoms with E-state index in [-0.39, 0.29) is 0 Å². The summed E-state index contributed by atoms with van der Waals surface area (Å²) in [4.78, 5) is 4.24. The van der Waals surface area contributed by atoms with Crippen LogP contribution in [0.1, 0.15) is 32.0 Å². The van der Waals surface area contributed by atoms with Crippen molar-refractivity contribution < 1.29 is 9.63 Å². The molecule has 1 aliphatic rings. The predicted molar refractivity (Wildman–Crippen MR) is 54.2 cm³/mol. The average molecular weight is 211 g/mol. The van der Waals surface area contributed by atoms with E-state index in [2.05, 4.69) is 29.3 Å². The Labute approximate surface area is 88.9 Å². The maximum atomic E-state index is 10.2. The fraction of sp³-hybridized carbons (Fsp3) is 0.800. The largest absolute Gasteiger partial charge is 0.379 e. The van der Waals surface area contributed by atoms with Gasteiger partial charge in [0.15, 0.2) is 11.4 Å². The van der Waals surface area contributed by atoms with Crippen molar-refractivity contribution in [1.29, 1.82) is 0 Å². The van der Waals surface area contributed by atoms with Crippen LogP contribution in [0.2, 0.25) is 0 Å². The van der Waals surface area contributed by atoms with Gasteiger partial charge in [-0.3, -0.25) is 0 Å². The molecular formula is C10H17N3O2. The van der Waals surface area contributed by atoms with Crippen molar-refractivity contribution in [1.82, 2.24) is 15.5 Å². The number of nitrogens with zero attached hydrogens (tertiary/aromatic N) is 2. The molecule has 1 unspecified atom stereocenters. The van der Waals surface area contributed by atoms with E-state index in [0.717, 1.165) is 13.0 Å². The highest BCUT2D eigenvalue weighted by atomic mass is 16.5. The fourth-order valence-corrected chi connectivity index (χ4v) is 1.75. The van der Waals surface area contributed by atoms with Gasteiger partial charge in [-0.2, -0.15) is 4.98 Å². The van der Waals surface area contributed by atoms with Gasteiger partial charge in [0.25, 0.3) is 5.89 Å². The summed E-state index contributed by atoms with van der Waals surface area (Å²) < 4.78 is 5.10. The normalized spacial score (nSPS) is 26.4. The zero-order valence-corrected chi connectivity index (χ0v) is 9.16. The van der Waals surface area contributed by atoms with Crippen LogP contribution in [-0.4, -0.2) is 28.3 Å². The number of aromatic nitrogens is 2. The van der Waals surface area contributed by atoms with E-state index in [4.69, 9.17) is 4.52 Å². The number of nitrogens with one attached hydrogen (secondary N) is 1. The van der Waals surface area contributed by atoms with Gasteiger partial charge in [-0.05, 0) is 18.9 Å². The van der Waals surface area contributed by atoms with Gasteiger partial charge in [0.05, 0.1) is 0 Å². The SMILES string of the molecule is CC(C)Cc1noc(C2(O)CCNC2)n1. The monoisotopic (exact) mass is 211 g/mol. The van der Waals surface area contributed by atoms with E-state index in [1.807, 2.05) is 0 Å². The molecule has 5 heteroatoms. The summed E-state index contributed by atoms with van der Waals surface area (Å²) in [5.41, 5.74) is -0.956. The van der Waals surface area contributed by atoms with E-state index in [1.165, 1.54) is 0 Å². The highest BCUT2D eigenvalue weighted by molar-refractivity contribution is 5.03. The Kier molecular flexibility index (Phi) is 2.75. The van der Waals surface area contributed by atoms with Gasteiger partial charge in [0.1, 0.15) is 0 Å². The number of hydrogen-bond donors (Lipinski definition) is 2. The molecule has 0 aromatic carbocycles. The summed E-state index contributed by atoms with van der Waals surface area (Å²) >= 11 is 0. The van der Waals surface area contributed by atoms with Crippen LogP contribution < -0.4 is 5.32 Å². The second kappa shape index (κ2) is 3.90. The second-order valence-corrected chi connectivity index (χ2v) is 4.57. The summed E-state index contributed by atoms with van der Waals surface area (Å²) in [6.07, 6.45) is 1.42. The van der Waals surface area contributed by atoms with E-state index >= 15 is 0 Å². The molecule has 1 aromatic heterocycles. The van der Waals surface area contributed by atoms with Gasteiger partial charge < -0.3 is 14.9 Å². The summed E-state index contributed by atoms with van der Waals surface area (Å²) in [5.74, 6) is 1.52. The van der Waals surface area contributed by atoms with Crippen LogP contribution in [0, 0.1) is 5.92 Å². The van der Waals surface area contributed by atoms with Gasteiger partial charge in [-0.15, -0.1) is 0 Å². The fourth-order valence-electron chi connectivity index (χ4n) is 1.75. The molecule has 5 nitrogen and oxygen atoms in total. The van der Waals surface area contributed by atoms with Crippen LogP contribution in [-0.2, 0) is 12.0 Å². The molecule has 1 atom stereocenters. The minimum atomic E-state index is -0.956. The van der Waals surface area contributed by atoms with Crippen LogP contribution in [0.3, 0.4) is 0 Å². The first-order valence-corrected chi connectivity index (χ1v) is 5.36. The molecule has 0 saturated carbocycles. The van der Waals surface area contributed by atoms with Crippen LogP contribution in [0.4, 0.5) is 0 Å². The van der Waals surface area contributed by atoms with E-state index in [0.29, 0.717) is 30.6 Å². The average Bonchev–Trinajstić information content (AvgIpc) is 2.74. The van der Waals surface area contributed by atoms with E-state index in [9.17, 15) is 5.11 Å². The van der Waals surface area contributed by atoms with Crippen molar-refractivity contribution in [3.63, 3.8) is 0 Å². The van der Waals surface area contributed by atoms with Crippen molar-refractivity contribution in [2.75, 3.05) is 13.1 Å². The van der Waals surface area contributed by atoms with Crippen molar-refractivity contribution in [3.8, 4) is 0 Å². The molecule has 0 amide bonds. The highest BCUT2D eigenvalue weighted by Gasteiger charge is 2.38. The van der Waals surface area contributed by atoms with Crippen LogP contribution in [0.5, 0.6) is 0 Å². The van der Waals surface area contributed by atoms with Gasteiger partial charge in [-0.1, -0.05) is 19.0 Å². The smallest absolute Gasteiger partial charge is 0.259 e. The Morgan fingerprint density at radius 1 is 1.60 bits per heavy atom. The molecule has 2 N–H and O–H groups in total. The Bertz CT molecular complexity index is 329. The van der Waals surface area contributed by atoms with Crippen molar-refractivity contribution in [2.24, 2.45) is 5.92 Å². The molecule has 1 saturated heterocycles. The lowest BCUT2D eigenvalue weighted by Crippen LogP contribution is -2.28. The van der Waals surface area contributed by atoms with Crippen LogP contribution in [0.15, 0.2) is 4.52 Å². The van der Waals surface area contributed by atoms with Crippen molar-refractivity contribution in [3.05, 3.63) is 11.7 Å². The first kappa shape index (κ1) is 10.6. The minimum Gasteiger partial charge on any atom is -0.379 e. The molecule has 2 heterocycles. The lowest BCUT2D eigenvalue weighted by Gasteiger charge is -2.14. The predicted octanol–water partition coefficient (Wildman–Crippen LogP) is 0.449. The van der Waals surface area contributed by atoms with Crippen molar-refractivity contribution >= 4 is 0 Å². The standard InChI is InChI=1S/C10H17N3O2/c1-7(2)5-8-12-9(15-13-8)10(14)3-4-11-6-10/h7,11,14H,3-6H2,1-2H3. The molecule has 0 radical (unpaired) electrons.